The highest BCUT2D eigenvalue weighted by Gasteiger charge is 2.29. The first-order valence-corrected chi connectivity index (χ1v) is 8.18. The van der Waals surface area contributed by atoms with Gasteiger partial charge in [-0.3, -0.25) is 9.59 Å². The largest absolute Gasteiger partial charge is 0.347 e. The summed E-state index contributed by atoms with van der Waals surface area (Å²) in [5, 5.41) is 6.49. The van der Waals surface area contributed by atoms with E-state index in [2.05, 4.69) is 10.6 Å². The van der Waals surface area contributed by atoms with Crippen molar-refractivity contribution < 1.29 is 9.59 Å². The number of anilines is 1. The quantitative estimate of drug-likeness (QED) is 0.889. The van der Waals surface area contributed by atoms with E-state index in [0.717, 1.165) is 23.4 Å². The molecule has 0 spiro atoms. The first kappa shape index (κ1) is 14.8. The summed E-state index contributed by atoms with van der Waals surface area (Å²) in [5.41, 5.74) is 2.27. The summed E-state index contributed by atoms with van der Waals surface area (Å²) in [4.78, 5) is 24.4. The smallest absolute Gasteiger partial charge is 0.261 e. The highest BCUT2D eigenvalue weighted by atomic mass is 32.1. The molecule has 5 heteroatoms. The van der Waals surface area contributed by atoms with E-state index < -0.39 is 0 Å². The Morgan fingerprint density at radius 3 is 2.55 bits per heavy atom. The van der Waals surface area contributed by atoms with Crippen LogP contribution in [0, 0.1) is 12.8 Å². The number of carbonyl (C=O) groups is 2. The molecule has 2 aromatic rings. The van der Waals surface area contributed by atoms with Crippen molar-refractivity contribution >= 4 is 28.2 Å². The average molecular weight is 314 g/mol. The molecule has 2 N–H and O–H groups in total. The number of aryl methyl sites for hydroxylation is 1. The lowest BCUT2D eigenvalue weighted by molar-refractivity contribution is -0.117. The van der Waals surface area contributed by atoms with Crippen LogP contribution in [-0.4, -0.2) is 11.8 Å². The number of nitrogens with one attached hydrogen (secondary N) is 2. The molecule has 22 heavy (non-hydrogen) atoms. The van der Waals surface area contributed by atoms with E-state index in [1.165, 1.54) is 16.9 Å². The molecule has 1 heterocycles. The van der Waals surface area contributed by atoms with Crippen LogP contribution in [0.15, 0.2) is 36.4 Å². The van der Waals surface area contributed by atoms with Gasteiger partial charge in [-0.25, -0.2) is 0 Å². The minimum absolute atomic E-state index is 0.0634. The van der Waals surface area contributed by atoms with E-state index in [4.69, 9.17) is 0 Å². The Hall–Kier alpha value is -2.14. The van der Waals surface area contributed by atoms with E-state index in [1.807, 2.05) is 31.2 Å². The van der Waals surface area contributed by atoms with Gasteiger partial charge in [0.05, 0.1) is 9.88 Å². The Morgan fingerprint density at radius 2 is 1.86 bits per heavy atom. The zero-order chi connectivity index (χ0) is 15.5. The maximum atomic E-state index is 12.1. The van der Waals surface area contributed by atoms with Crippen molar-refractivity contribution in [2.75, 3.05) is 5.32 Å². The Kier molecular flexibility index (Phi) is 4.24. The van der Waals surface area contributed by atoms with Gasteiger partial charge in [0.25, 0.3) is 5.91 Å². The zero-order valence-electron chi connectivity index (χ0n) is 12.4. The fourth-order valence-corrected chi connectivity index (χ4v) is 2.90. The van der Waals surface area contributed by atoms with Crippen molar-refractivity contribution in [1.82, 2.24) is 5.32 Å². The van der Waals surface area contributed by atoms with E-state index in [9.17, 15) is 9.59 Å². The molecule has 1 aromatic carbocycles. The minimum atomic E-state index is -0.113. The molecule has 0 aliphatic heterocycles. The van der Waals surface area contributed by atoms with Crippen molar-refractivity contribution in [3.63, 3.8) is 0 Å². The number of rotatable bonds is 5. The van der Waals surface area contributed by atoms with E-state index in [-0.39, 0.29) is 17.7 Å². The Morgan fingerprint density at radius 1 is 1.14 bits per heavy atom. The van der Waals surface area contributed by atoms with Crippen LogP contribution in [0.5, 0.6) is 0 Å². The summed E-state index contributed by atoms with van der Waals surface area (Å²) in [6.07, 6.45) is 1.95. The van der Waals surface area contributed by atoms with Crippen LogP contribution in [0.25, 0.3) is 0 Å². The highest BCUT2D eigenvalue weighted by molar-refractivity contribution is 7.18. The second kappa shape index (κ2) is 6.32. The van der Waals surface area contributed by atoms with Gasteiger partial charge in [-0.05, 0) is 37.5 Å². The third-order valence-electron chi connectivity index (χ3n) is 3.60. The molecule has 2 amide bonds. The standard InChI is InChI=1S/C17H18N2O2S/c1-11-2-4-12(5-3-11)10-18-17(21)14-8-9-15(22-14)19-16(20)13-6-7-13/h2-5,8-9,13H,6-7,10H2,1H3,(H,18,21)(H,19,20). The number of benzene rings is 1. The molecule has 114 valence electrons. The van der Waals surface area contributed by atoms with Crippen molar-refractivity contribution in [3.05, 3.63) is 52.4 Å². The normalized spacial score (nSPS) is 13.7. The maximum absolute atomic E-state index is 12.1. The molecule has 1 aliphatic rings. The van der Waals surface area contributed by atoms with Gasteiger partial charge in [-0.1, -0.05) is 29.8 Å². The molecule has 0 radical (unpaired) electrons. The molecular formula is C17H18N2O2S. The summed E-state index contributed by atoms with van der Waals surface area (Å²) in [6.45, 7) is 2.53. The van der Waals surface area contributed by atoms with Crippen LogP contribution in [0.4, 0.5) is 5.00 Å². The molecule has 0 saturated heterocycles. The van der Waals surface area contributed by atoms with E-state index >= 15 is 0 Å². The van der Waals surface area contributed by atoms with Gasteiger partial charge in [0.15, 0.2) is 0 Å². The molecular weight excluding hydrogens is 296 g/mol. The maximum Gasteiger partial charge on any atom is 0.261 e. The molecule has 1 aromatic heterocycles. The Labute approximate surface area is 133 Å². The number of amides is 2. The fraction of sp³-hybridized carbons (Fsp3) is 0.294. The van der Waals surface area contributed by atoms with Crippen LogP contribution in [0.3, 0.4) is 0 Å². The van der Waals surface area contributed by atoms with Crippen LogP contribution in [0.2, 0.25) is 0 Å². The predicted molar refractivity (Wildman–Crippen MR) is 88.0 cm³/mol. The highest BCUT2D eigenvalue weighted by Crippen LogP contribution is 2.31. The molecule has 1 aliphatic carbocycles. The number of carbonyl (C=O) groups excluding carboxylic acids is 2. The fourth-order valence-electron chi connectivity index (χ4n) is 2.07. The first-order chi connectivity index (χ1) is 10.6. The van der Waals surface area contributed by atoms with Gasteiger partial charge in [0.2, 0.25) is 5.91 Å². The molecule has 0 atom stereocenters. The summed E-state index contributed by atoms with van der Waals surface area (Å²) in [7, 11) is 0. The summed E-state index contributed by atoms with van der Waals surface area (Å²) in [5.74, 6) is 0.117. The van der Waals surface area contributed by atoms with Gasteiger partial charge >= 0.3 is 0 Å². The Balaban J connectivity index is 1.54. The third kappa shape index (κ3) is 3.74. The third-order valence-corrected chi connectivity index (χ3v) is 4.60. The lowest BCUT2D eigenvalue weighted by Gasteiger charge is -2.04. The molecule has 3 rings (SSSR count). The monoisotopic (exact) mass is 314 g/mol. The van der Waals surface area contributed by atoms with Crippen molar-refractivity contribution in [2.45, 2.75) is 26.3 Å². The summed E-state index contributed by atoms with van der Waals surface area (Å²) >= 11 is 1.31. The van der Waals surface area contributed by atoms with Crippen LogP contribution < -0.4 is 10.6 Å². The molecule has 1 saturated carbocycles. The van der Waals surface area contributed by atoms with Gasteiger partial charge < -0.3 is 10.6 Å². The number of hydrogen-bond acceptors (Lipinski definition) is 3. The SMILES string of the molecule is Cc1ccc(CNC(=O)c2ccc(NC(=O)C3CC3)s2)cc1. The lowest BCUT2D eigenvalue weighted by atomic mass is 10.1. The number of hydrogen-bond donors (Lipinski definition) is 2. The molecule has 4 nitrogen and oxygen atoms in total. The second-order valence-electron chi connectivity index (χ2n) is 5.60. The summed E-state index contributed by atoms with van der Waals surface area (Å²) in [6, 6.07) is 11.6. The van der Waals surface area contributed by atoms with Gasteiger partial charge in [0, 0.05) is 12.5 Å². The summed E-state index contributed by atoms with van der Waals surface area (Å²) < 4.78 is 0. The van der Waals surface area contributed by atoms with Crippen LogP contribution in [-0.2, 0) is 11.3 Å². The predicted octanol–water partition coefficient (Wildman–Crippen LogP) is 3.34. The zero-order valence-corrected chi connectivity index (χ0v) is 13.2. The average Bonchev–Trinajstić information content (AvgIpc) is 3.27. The Bertz CT molecular complexity index is 687. The van der Waals surface area contributed by atoms with E-state index in [0.29, 0.717) is 11.4 Å². The topological polar surface area (TPSA) is 58.2 Å². The lowest BCUT2D eigenvalue weighted by Crippen LogP contribution is -2.21. The molecule has 1 fully saturated rings. The molecule has 0 bridgehead atoms. The first-order valence-electron chi connectivity index (χ1n) is 7.36. The van der Waals surface area contributed by atoms with Crippen molar-refractivity contribution in [3.8, 4) is 0 Å². The van der Waals surface area contributed by atoms with Gasteiger partial charge in [-0.15, -0.1) is 11.3 Å². The van der Waals surface area contributed by atoms with Crippen LogP contribution in [0.1, 0.15) is 33.6 Å². The van der Waals surface area contributed by atoms with E-state index in [1.54, 1.807) is 12.1 Å². The second-order valence-corrected chi connectivity index (χ2v) is 6.68. The van der Waals surface area contributed by atoms with Crippen LogP contribution >= 0.6 is 11.3 Å². The van der Waals surface area contributed by atoms with Gasteiger partial charge in [0.1, 0.15) is 0 Å². The van der Waals surface area contributed by atoms with Crippen molar-refractivity contribution in [1.29, 1.82) is 0 Å². The molecule has 0 unspecified atom stereocenters. The number of thiophene rings is 1. The van der Waals surface area contributed by atoms with Crippen molar-refractivity contribution in [2.24, 2.45) is 5.92 Å². The minimum Gasteiger partial charge on any atom is -0.347 e. The van der Waals surface area contributed by atoms with Gasteiger partial charge in [-0.2, -0.15) is 0 Å².